The molecule has 0 bridgehead atoms. The Morgan fingerprint density at radius 2 is 1.46 bits per heavy atom. The molecule has 1 unspecified atom stereocenters. The van der Waals surface area contributed by atoms with E-state index in [0.29, 0.717) is 12.1 Å². The number of benzene rings is 3. The molecular formula is C30H30N2O9. The van der Waals surface area contributed by atoms with Crippen molar-refractivity contribution in [3.8, 4) is 5.75 Å². The van der Waals surface area contributed by atoms with Gasteiger partial charge in [-0.15, -0.1) is 0 Å². The molecule has 0 saturated heterocycles. The third-order valence-electron chi connectivity index (χ3n) is 5.71. The second-order valence-electron chi connectivity index (χ2n) is 8.65. The van der Waals surface area contributed by atoms with E-state index in [1.165, 1.54) is 25.3 Å². The summed E-state index contributed by atoms with van der Waals surface area (Å²) in [7, 11) is 1.36. The minimum absolute atomic E-state index is 0.0315. The summed E-state index contributed by atoms with van der Waals surface area (Å²) in [4.78, 5) is 60.9. The summed E-state index contributed by atoms with van der Waals surface area (Å²) < 4.78 is 20.8. The fraction of sp³-hybridized carbons (Fsp3) is 0.233. The average molecular weight is 563 g/mol. The summed E-state index contributed by atoms with van der Waals surface area (Å²) in [5.41, 5.74) is 1.97. The van der Waals surface area contributed by atoms with E-state index in [1.54, 1.807) is 24.3 Å². The van der Waals surface area contributed by atoms with Crippen molar-refractivity contribution < 1.29 is 42.9 Å². The number of hydrogen-bond acceptors (Lipinski definition) is 9. The number of anilines is 1. The molecule has 0 aromatic heterocycles. The van der Waals surface area contributed by atoms with Crippen LogP contribution in [0.4, 0.5) is 5.69 Å². The van der Waals surface area contributed by atoms with Gasteiger partial charge in [-0.3, -0.25) is 14.4 Å². The molecule has 3 aromatic carbocycles. The van der Waals surface area contributed by atoms with Gasteiger partial charge in [-0.1, -0.05) is 60.7 Å². The Hall–Kier alpha value is -5.19. The zero-order valence-electron chi connectivity index (χ0n) is 22.4. The van der Waals surface area contributed by atoms with Gasteiger partial charge in [0, 0.05) is 6.42 Å². The third kappa shape index (κ3) is 10.1. The van der Waals surface area contributed by atoms with Gasteiger partial charge >= 0.3 is 17.9 Å². The molecular weight excluding hydrogens is 532 g/mol. The molecule has 0 aliphatic rings. The number of amides is 2. The number of carbonyl (C=O) groups excluding carboxylic acids is 5. The quantitative estimate of drug-likeness (QED) is 0.162. The molecule has 1 atom stereocenters. The van der Waals surface area contributed by atoms with E-state index in [0.717, 1.165) is 11.1 Å². The van der Waals surface area contributed by atoms with E-state index in [4.69, 9.17) is 18.9 Å². The van der Waals surface area contributed by atoms with Gasteiger partial charge in [0.1, 0.15) is 25.0 Å². The summed E-state index contributed by atoms with van der Waals surface area (Å²) in [5, 5.41) is 4.90. The lowest BCUT2D eigenvalue weighted by atomic mass is 10.1. The Labute approximate surface area is 236 Å². The van der Waals surface area contributed by atoms with Crippen molar-refractivity contribution in [2.24, 2.45) is 0 Å². The smallest absolute Gasteiger partial charge is 0.338 e. The summed E-state index contributed by atoms with van der Waals surface area (Å²) in [6, 6.07) is 21.1. The SMILES string of the molecule is COc1cc(C(=O)OCC(=O)NC(CCC(=O)OCc2ccccc2)C(=O)OCc2ccccc2)ccc1NC=O. The van der Waals surface area contributed by atoms with Crippen molar-refractivity contribution in [3.05, 3.63) is 95.6 Å². The first-order valence-electron chi connectivity index (χ1n) is 12.6. The number of ether oxygens (including phenoxy) is 4. The first-order valence-corrected chi connectivity index (χ1v) is 12.6. The fourth-order valence-electron chi connectivity index (χ4n) is 3.60. The van der Waals surface area contributed by atoms with Crippen LogP contribution in [0.25, 0.3) is 0 Å². The zero-order valence-corrected chi connectivity index (χ0v) is 22.4. The van der Waals surface area contributed by atoms with Crippen LogP contribution in [0.3, 0.4) is 0 Å². The lowest BCUT2D eigenvalue weighted by molar-refractivity contribution is -0.150. The molecule has 0 saturated carbocycles. The number of carbonyl (C=O) groups is 5. The topological polar surface area (TPSA) is 146 Å². The normalized spacial score (nSPS) is 11.0. The molecule has 0 radical (unpaired) electrons. The van der Waals surface area contributed by atoms with Crippen LogP contribution < -0.4 is 15.4 Å². The molecule has 2 amide bonds. The minimum Gasteiger partial charge on any atom is -0.495 e. The first kappa shape index (κ1) is 30.4. The van der Waals surface area contributed by atoms with Gasteiger partial charge in [-0.05, 0) is 35.7 Å². The van der Waals surface area contributed by atoms with Gasteiger partial charge in [-0.25, -0.2) is 9.59 Å². The van der Waals surface area contributed by atoms with E-state index in [-0.39, 0.29) is 37.4 Å². The highest BCUT2D eigenvalue weighted by Gasteiger charge is 2.25. The maximum absolute atomic E-state index is 12.8. The summed E-state index contributed by atoms with van der Waals surface area (Å²) in [5.74, 6) is -2.70. The van der Waals surface area contributed by atoms with Crippen LogP contribution in [0.1, 0.15) is 34.3 Å². The number of rotatable bonds is 15. The average Bonchev–Trinajstić information content (AvgIpc) is 3.01. The Morgan fingerprint density at radius 3 is 2.07 bits per heavy atom. The number of methoxy groups -OCH3 is 1. The molecule has 3 aromatic rings. The molecule has 0 aliphatic heterocycles. The van der Waals surface area contributed by atoms with Crippen LogP contribution >= 0.6 is 0 Å². The van der Waals surface area contributed by atoms with Crippen molar-refractivity contribution in [1.29, 1.82) is 0 Å². The molecule has 214 valence electrons. The molecule has 0 heterocycles. The highest BCUT2D eigenvalue weighted by Crippen LogP contribution is 2.25. The Bertz CT molecular complexity index is 1330. The molecule has 11 heteroatoms. The van der Waals surface area contributed by atoms with Gasteiger partial charge < -0.3 is 29.6 Å². The van der Waals surface area contributed by atoms with Crippen LogP contribution in [-0.4, -0.2) is 50.0 Å². The van der Waals surface area contributed by atoms with Gasteiger partial charge in [0.15, 0.2) is 6.61 Å². The first-order chi connectivity index (χ1) is 19.9. The maximum Gasteiger partial charge on any atom is 0.338 e. The van der Waals surface area contributed by atoms with Gasteiger partial charge in [0.05, 0.1) is 18.4 Å². The molecule has 41 heavy (non-hydrogen) atoms. The van der Waals surface area contributed by atoms with E-state index in [1.807, 2.05) is 36.4 Å². The maximum atomic E-state index is 12.8. The lowest BCUT2D eigenvalue weighted by Crippen LogP contribution is -2.44. The zero-order chi connectivity index (χ0) is 29.5. The van der Waals surface area contributed by atoms with E-state index < -0.39 is 36.5 Å². The van der Waals surface area contributed by atoms with E-state index in [9.17, 15) is 24.0 Å². The highest BCUT2D eigenvalue weighted by molar-refractivity contribution is 5.93. The standard InChI is InChI=1S/C30H30N2O9/c1-38-26-16-23(12-13-24(26)31-20-33)29(36)41-19-27(34)32-25(30(37)40-18-22-10-6-3-7-11-22)14-15-28(35)39-17-21-8-4-2-5-9-21/h2-13,16,20,25H,14-15,17-19H2,1H3,(H,31,33)(H,32,34). The Balaban J connectivity index is 1.57. The molecule has 2 N–H and O–H groups in total. The monoisotopic (exact) mass is 562 g/mol. The summed E-state index contributed by atoms with van der Waals surface area (Å²) in [6.45, 7) is -0.658. The van der Waals surface area contributed by atoms with Crippen LogP contribution in [-0.2, 0) is 46.6 Å². The van der Waals surface area contributed by atoms with Crippen molar-refractivity contribution >= 4 is 35.9 Å². The second-order valence-corrected chi connectivity index (χ2v) is 8.65. The third-order valence-corrected chi connectivity index (χ3v) is 5.71. The number of esters is 3. The fourth-order valence-corrected chi connectivity index (χ4v) is 3.60. The van der Waals surface area contributed by atoms with Crippen LogP contribution in [0.15, 0.2) is 78.9 Å². The molecule has 0 spiro atoms. The largest absolute Gasteiger partial charge is 0.495 e. The highest BCUT2D eigenvalue weighted by atomic mass is 16.5. The lowest BCUT2D eigenvalue weighted by Gasteiger charge is -2.18. The van der Waals surface area contributed by atoms with Gasteiger partial charge in [0.25, 0.3) is 5.91 Å². The molecule has 0 fully saturated rings. The summed E-state index contributed by atoms with van der Waals surface area (Å²) in [6.07, 6.45) is 0.201. The number of nitrogens with one attached hydrogen (secondary N) is 2. The molecule has 3 rings (SSSR count). The van der Waals surface area contributed by atoms with Crippen molar-refractivity contribution in [3.63, 3.8) is 0 Å². The van der Waals surface area contributed by atoms with Crippen molar-refractivity contribution in [1.82, 2.24) is 5.32 Å². The van der Waals surface area contributed by atoms with Crippen LogP contribution in [0.2, 0.25) is 0 Å². The predicted octanol–water partition coefficient (Wildman–Crippen LogP) is 3.17. The van der Waals surface area contributed by atoms with Crippen molar-refractivity contribution in [2.45, 2.75) is 32.1 Å². The van der Waals surface area contributed by atoms with Crippen LogP contribution in [0, 0.1) is 0 Å². The summed E-state index contributed by atoms with van der Waals surface area (Å²) >= 11 is 0. The second kappa shape index (κ2) is 16.0. The predicted molar refractivity (Wildman–Crippen MR) is 147 cm³/mol. The van der Waals surface area contributed by atoms with Gasteiger partial charge in [-0.2, -0.15) is 0 Å². The van der Waals surface area contributed by atoms with Crippen LogP contribution in [0.5, 0.6) is 5.75 Å². The van der Waals surface area contributed by atoms with E-state index >= 15 is 0 Å². The molecule has 11 nitrogen and oxygen atoms in total. The van der Waals surface area contributed by atoms with E-state index in [2.05, 4.69) is 10.6 Å². The number of hydrogen-bond donors (Lipinski definition) is 2. The Kier molecular flexibility index (Phi) is 11.9. The molecule has 0 aliphatic carbocycles. The van der Waals surface area contributed by atoms with Crippen molar-refractivity contribution in [2.75, 3.05) is 19.0 Å². The minimum atomic E-state index is -1.19. The van der Waals surface area contributed by atoms with Gasteiger partial charge in [0.2, 0.25) is 6.41 Å². The Morgan fingerprint density at radius 1 is 0.829 bits per heavy atom.